The summed E-state index contributed by atoms with van der Waals surface area (Å²) in [5.74, 6) is -0.925. The van der Waals surface area contributed by atoms with Gasteiger partial charge in [0.1, 0.15) is 0 Å². The smallest absolute Gasteiger partial charge is 0.261 e. The number of rotatable bonds is 3. The zero-order valence-corrected chi connectivity index (χ0v) is 11.7. The molecule has 0 unspecified atom stereocenters. The maximum absolute atomic E-state index is 13.6. The molecule has 0 radical (unpaired) electrons. The van der Waals surface area contributed by atoms with E-state index >= 15 is 0 Å². The first-order chi connectivity index (χ1) is 9.99. The number of pyridine rings is 1. The highest BCUT2D eigenvalue weighted by Gasteiger charge is 2.35. The minimum Gasteiger partial charge on any atom is -0.391 e. The van der Waals surface area contributed by atoms with Crippen LogP contribution in [0.25, 0.3) is 0 Å². The van der Waals surface area contributed by atoms with Crippen LogP contribution >= 0.6 is 0 Å². The summed E-state index contributed by atoms with van der Waals surface area (Å²) in [7, 11) is -4.15. The molecule has 0 aliphatic heterocycles. The lowest BCUT2D eigenvalue weighted by Gasteiger charge is -2.17. The van der Waals surface area contributed by atoms with Crippen molar-refractivity contribution in [2.45, 2.75) is 23.6 Å². The molecule has 2 atom stereocenters. The second-order valence-corrected chi connectivity index (χ2v) is 6.49. The Hall–Kier alpha value is -1.83. The number of sulfonamides is 1. The lowest BCUT2D eigenvalue weighted by atomic mass is 10.1. The summed E-state index contributed by atoms with van der Waals surface area (Å²) in [6.45, 7) is 0. The minimum absolute atomic E-state index is 0.355. The van der Waals surface area contributed by atoms with E-state index in [1.807, 2.05) is 12.1 Å². The first kappa shape index (κ1) is 14.1. The quantitative estimate of drug-likeness (QED) is 0.892. The van der Waals surface area contributed by atoms with Gasteiger partial charge < -0.3 is 5.11 Å². The number of hydrogen-bond acceptors (Lipinski definition) is 4. The van der Waals surface area contributed by atoms with E-state index in [4.69, 9.17) is 0 Å². The molecule has 0 fully saturated rings. The largest absolute Gasteiger partial charge is 0.391 e. The topological polar surface area (TPSA) is 79.3 Å². The summed E-state index contributed by atoms with van der Waals surface area (Å²) < 4.78 is 40.4. The van der Waals surface area contributed by atoms with E-state index in [1.165, 1.54) is 12.3 Å². The Morgan fingerprint density at radius 1 is 1.24 bits per heavy atom. The van der Waals surface area contributed by atoms with Crippen LogP contribution < -0.4 is 4.72 Å². The first-order valence-electron chi connectivity index (χ1n) is 6.38. The molecule has 0 saturated carbocycles. The van der Waals surface area contributed by atoms with Gasteiger partial charge in [0, 0.05) is 12.6 Å². The Bertz CT molecular complexity index is 779. The Balaban J connectivity index is 1.95. The van der Waals surface area contributed by atoms with E-state index in [0.29, 0.717) is 12.0 Å². The number of aromatic nitrogens is 1. The predicted molar refractivity (Wildman–Crippen MR) is 73.4 cm³/mol. The number of benzene rings is 1. The van der Waals surface area contributed by atoms with Gasteiger partial charge in [0.2, 0.25) is 5.03 Å². The highest BCUT2D eigenvalue weighted by molar-refractivity contribution is 7.89. The molecule has 0 spiro atoms. The van der Waals surface area contributed by atoms with Crippen LogP contribution in [0.5, 0.6) is 0 Å². The first-order valence-corrected chi connectivity index (χ1v) is 7.86. The third-order valence-electron chi connectivity index (χ3n) is 3.47. The molecule has 1 aromatic heterocycles. The fourth-order valence-corrected chi connectivity index (χ4v) is 3.76. The van der Waals surface area contributed by atoms with E-state index in [-0.39, 0.29) is 0 Å². The normalized spacial score (nSPS) is 21.2. The van der Waals surface area contributed by atoms with Crippen LogP contribution in [0, 0.1) is 5.82 Å². The number of halogens is 1. The molecule has 1 aromatic carbocycles. The highest BCUT2D eigenvalue weighted by Crippen LogP contribution is 2.32. The lowest BCUT2D eigenvalue weighted by molar-refractivity contribution is 0.151. The van der Waals surface area contributed by atoms with Crippen LogP contribution in [0.15, 0.2) is 47.6 Å². The van der Waals surface area contributed by atoms with Crippen LogP contribution in [0.3, 0.4) is 0 Å². The second-order valence-electron chi connectivity index (χ2n) is 4.86. The maximum atomic E-state index is 13.6. The average molecular weight is 308 g/mol. The van der Waals surface area contributed by atoms with Crippen LogP contribution in [0.1, 0.15) is 17.2 Å². The Kier molecular flexibility index (Phi) is 3.48. The van der Waals surface area contributed by atoms with Crippen molar-refractivity contribution in [3.63, 3.8) is 0 Å². The molecule has 110 valence electrons. The van der Waals surface area contributed by atoms with Crippen molar-refractivity contribution in [2.75, 3.05) is 0 Å². The summed E-state index contributed by atoms with van der Waals surface area (Å²) in [6, 6.07) is 8.70. The summed E-state index contributed by atoms with van der Waals surface area (Å²) in [4.78, 5) is 3.57. The Morgan fingerprint density at radius 2 is 2.00 bits per heavy atom. The fourth-order valence-electron chi connectivity index (χ4n) is 2.51. The predicted octanol–water partition coefficient (Wildman–Crippen LogP) is 1.16. The molecular weight excluding hydrogens is 295 g/mol. The third kappa shape index (κ3) is 2.55. The number of aliphatic hydroxyl groups excluding tert-OH is 1. The number of aliphatic hydroxyl groups is 1. The number of hydrogen-bond donors (Lipinski definition) is 2. The van der Waals surface area contributed by atoms with Crippen LogP contribution in [0.4, 0.5) is 4.39 Å². The summed E-state index contributed by atoms with van der Waals surface area (Å²) in [5, 5.41) is 9.38. The third-order valence-corrected chi connectivity index (χ3v) is 4.84. The van der Waals surface area contributed by atoms with Gasteiger partial charge in [-0.1, -0.05) is 24.3 Å². The zero-order valence-electron chi connectivity index (χ0n) is 10.9. The Labute approximate surface area is 121 Å². The van der Waals surface area contributed by atoms with Gasteiger partial charge >= 0.3 is 0 Å². The maximum Gasteiger partial charge on any atom is 0.261 e. The van der Waals surface area contributed by atoms with Gasteiger partial charge in [-0.15, -0.1) is 0 Å². The molecule has 5 nitrogen and oxygen atoms in total. The van der Waals surface area contributed by atoms with Gasteiger partial charge in [-0.2, -0.15) is 4.72 Å². The van der Waals surface area contributed by atoms with E-state index in [9.17, 15) is 17.9 Å². The van der Waals surface area contributed by atoms with E-state index < -0.39 is 33.0 Å². The minimum atomic E-state index is -4.15. The van der Waals surface area contributed by atoms with Crippen molar-refractivity contribution in [3.8, 4) is 0 Å². The molecule has 1 heterocycles. The second kappa shape index (κ2) is 5.18. The van der Waals surface area contributed by atoms with Crippen molar-refractivity contribution in [3.05, 3.63) is 59.5 Å². The van der Waals surface area contributed by atoms with Crippen molar-refractivity contribution < 1.29 is 17.9 Å². The van der Waals surface area contributed by atoms with Crippen LogP contribution in [-0.2, 0) is 16.4 Å². The standard InChI is InChI=1S/C14H13FN2O3S/c15-11-6-3-7-16-14(11)21(19,20)17-13-10-5-2-1-4-9(10)8-12(13)18/h1-7,12-13,17-18H,8H2/t12-,13+/m1/s1. The number of fused-ring (bicyclic) bond motifs is 1. The molecule has 1 aliphatic rings. The van der Waals surface area contributed by atoms with Crippen molar-refractivity contribution in [2.24, 2.45) is 0 Å². The molecule has 0 saturated heterocycles. The van der Waals surface area contributed by atoms with E-state index in [2.05, 4.69) is 9.71 Å². The van der Waals surface area contributed by atoms with Crippen LogP contribution in [-0.4, -0.2) is 24.6 Å². The molecule has 21 heavy (non-hydrogen) atoms. The number of nitrogens with zero attached hydrogens (tertiary/aromatic N) is 1. The van der Waals surface area contributed by atoms with Crippen molar-refractivity contribution >= 4 is 10.0 Å². The molecule has 3 rings (SSSR count). The molecule has 0 amide bonds. The summed E-state index contributed by atoms with van der Waals surface area (Å²) in [5.41, 5.74) is 1.57. The molecule has 7 heteroatoms. The SMILES string of the molecule is O=S(=O)(N[C@H]1c2ccccc2C[C@H]1O)c1ncccc1F. The molecule has 0 bridgehead atoms. The summed E-state index contributed by atoms with van der Waals surface area (Å²) in [6.07, 6.45) is 0.675. The molecule has 2 aromatic rings. The monoisotopic (exact) mass is 308 g/mol. The molecule has 2 N–H and O–H groups in total. The van der Waals surface area contributed by atoms with Gasteiger partial charge in [0.15, 0.2) is 5.82 Å². The van der Waals surface area contributed by atoms with Gasteiger partial charge in [-0.3, -0.25) is 0 Å². The molecule has 1 aliphatic carbocycles. The average Bonchev–Trinajstić information content (AvgIpc) is 2.75. The van der Waals surface area contributed by atoms with E-state index in [0.717, 1.165) is 11.6 Å². The van der Waals surface area contributed by atoms with Gasteiger partial charge in [0.25, 0.3) is 10.0 Å². The van der Waals surface area contributed by atoms with Crippen molar-refractivity contribution in [1.29, 1.82) is 0 Å². The fraction of sp³-hybridized carbons (Fsp3) is 0.214. The van der Waals surface area contributed by atoms with E-state index in [1.54, 1.807) is 12.1 Å². The lowest BCUT2D eigenvalue weighted by Crippen LogP contribution is -2.34. The van der Waals surface area contributed by atoms with Gasteiger partial charge in [-0.25, -0.2) is 17.8 Å². The van der Waals surface area contributed by atoms with Gasteiger partial charge in [0.05, 0.1) is 12.1 Å². The molecular formula is C14H13FN2O3S. The van der Waals surface area contributed by atoms with Crippen molar-refractivity contribution in [1.82, 2.24) is 9.71 Å². The van der Waals surface area contributed by atoms with Crippen LogP contribution in [0.2, 0.25) is 0 Å². The highest BCUT2D eigenvalue weighted by atomic mass is 32.2. The Morgan fingerprint density at radius 3 is 2.76 bits per heavy atom. The number of nitrogens with one attached hydrogen (secondary N) is 1. The summed E-state index contributed by atoms with van der Waals surface area (Å²) >= 11 is 0. The zero-order chi connectivity index (χ0) is 15.0. The van der Waals surface area contributed by atoms with Gasteiger partial charge in [-0.05, 0) is 23.3 Å².